The van der Waals surface area contributed by atoms with Crippen LogP contribution in [0.15, 0.2) is 22.8 Å². The van der Waals surface area contributed by atoms with Gasteiger partial charge in [-0.15, -0.1) is 0 Å². The molecule has 13 heavy (non-hydrogen) atoms. The van der Waals surface area contributed by atoms with Crippen molar-refractivity contribution in [3.05, 3.63) is 24.2 Å². The van der Waals surface area contributed by atoms with Gasteiger partial charge >= 0.3 is 0 Å². The van der Waals surface area contributed by atoms with Gasteiger partial charge in [0.2, 0.25) is 0 Å². The Kier molecular flexibility index (Phi) is 2.69. The fraction of sp³-hybridized carbons (Fsp3) is 0.636. The first-order valence-corrected chi connectivity index (χ1v) is 5.18. The summed E-state index contributed by atoms with van der Waals surface area (Å²) >= 11 is 0. The molecule has 2 rings (SSSR count). The fourth-order valence-corrected chi connectivity index (χ4v) is 1.96. The largest absolute Gasteiger partial charge is 0.468 e. The summed E-state index contributed by atoms with van der Waals surface area (Å²) in [5.74, 6) is 1.90. The van der Waals surface area contributed by atoms with Crippen LogP contribution in [0, 0.1) is 5.92 Å². The van der Waals surface area contributed by atoms with E-state index in [-0.39, 0.29) is 0 Å². The molecule has 0 radical (unpaired) electrons. The van der Waals surface area contributed by atoms with Gasteiger partial charge in [0.05, 0.1) is 12.3 Å². The molecule has 0 amide bonds. The van der Waals surface area contributed by atoms with E-state index < -0.39 is 0 Å². The summed E-state index contributed by atoms with van der Waals surface area (Å²) in [5.41, 5.74) is 0. The van der Waals surface area contributed by atoms with Gasteiger partial charge in [0.1, 0.15) is 5.76 Å². The second kappa shape index (κ2) is 3.97. The maximum atomic E-state index is 5.44. The SMILES string of the molecule is CCNC(c1ccco1)C1CCC1. The standard InChI is InChI=1S/C11H17NO/c1-2-12-11(9-5-3-6-9)10-7-4-8-13-10/h4,7-9,11-12H,2-3,5-6H2,1H3. The lowest BCUT2D eigenvalue weighted by atomic mass is 9.79. The molecule has 0 bridgehead atoms. The molecule has 1 fully saturated rings. The van der Waals surface area contributed by atoms with Crippen molar-refractivity contribution in [3.63, 3.8) is 0 Å². The Bertz CT molecular complexity index is 239. The molecule has 1 N–H and O–H groups in total. The van der Waals surface area contributed by atoms with Crippen molar-refractivity contribution < 1.29 is 4.42 Å². The lowest BCUT2D eigenvalue weighted by Gasteiger charge is -2.32. The number of rotatable bonds is 4. The van der Waals surface area contributed by atoms with E-state index in [4.69, 9.17) is 4.42 Å². The first kappa shape index (κ1) is 8.82. The molecule has 1 unspecified atom stereocenters. The summed E-state index contributed by atoms with van der Waals surface area (Å²) in [6, 6.07) is 4.50. The Morgan fingerprint density at radius 3 is 2.92 bits per heavy atom. The zero-order chi connectivity index (χ0) is 9.10. The average Bonchev–Trinajstić information content (AvgIpc) is 2.51. The quantitative estimate of drug-likeness (QED) is 0.768. The van der Waals surface area contributed by atoms with Crippen molar-refractivity contribution in [2.24, 2.45) is 5.92 Å². The van der Waals surface area contributed by atoms with Crippen LogP contribution < -0.4 is 5.32 Å². The molecule has 72 valence electrons. The highest BCUT2D eigenvalue weighted by molar-refractivity contribution is 5.07. The minimum atomic E-state index is 0.453. The normalized spacial score (nSPS) is 19.8. The molecule has 1 aliphatic carbocycles. The topological polar surface area (TPSA) is 25.2 Å². The highest BCUT2D eigenvalue weighted by Crippen LogP contribution is 2.37. The molecule has 0 aliphatic heterocycles. The fourth-order valence-electron chi connectivity index (χ4n) is 1.96. The number of hydrogen-bond donors (Lipinski definition) is 1. The predicted octanol–water partition coefficient (Wildman–Crippen LogP) is 2.73. The number of nitrogens with one attached hydrogen (secondary N) is 1. The van der Waals surface area contributed by atoms with Gasteiger partial charge in [-0.25, -0.2) is 0 Å². The van der Waals surface area contributed by atoms with E-state index in [1.807, 2.05) is 6.07 Å². The van der Waals surface area contributed by atoms with E-state index in [9.17, 15) is 0 Å². The summed E-state index contributed by atoms with van der Waals surface area (Å²) in [6.07, 6.45) is 5.84. The molecule has 1 aromatic rings. The summed E-state index contributed by atoms with van der Waals surface area (Å²) < 4.78 is 5.44. The van der Waals surface area contributed by atoms with Crippen molar-refractivity contribution in [1.29, 1.82) is 0 Å². The Morgan fingerprint density at radius 2 is 2.46 bits per heavy atom. The van der Waals surface area contributed by atoms with Gasteiger partial charge in [-0.2, -0.15) is 0 Å². The van der Waals surface area contributed by atoms with Crippen LogP contribution >= 0.6 is 0 Å². The number of furan rings is 1. The van der Waals surface area contributed by atoms with Crippen LogP contribution in [0.25, 0.3) is 0 Å². The Labute approximate surface area is 79.3 Å². The second-order valence-electron chi connectivity index (χ2n) is 3.74. The molecule has 0 saturated heterocycles. The maximum Gasteiger partial charge on any atom is 0.120 e. The van der Waals surface area contributed by atoms with Crippen molar-refractivity contribution in [3.8, 4) is 0 Å². The van der Waals surface area contributed by atoms with Gasteiger partial charge < -0.3 is 9.73 Å². The van der Waals surface area contributed by atoms with E-state index in [1.165, 1.54) is 19.3 Å². The Morgan fingerprint density at radius 1 is 1.62 bits per heavy atom. The third-order valence-corrected chi connectivity index (χ3v) is 2.89. The maximum absolute atomic E-state index is 5.44. The van der Waals surface area contributed by atoms with Crippen LogP contribution in [0.4, 0.5) is 0 Å². The van der Waals surface area contributed by atoms with E-state index in [1.54, 1.807) is 6.26 Å². The lowest BCUT2D eigenvalue weighted by molar-refractivity contribution is 0.210. The van der Waals surface area contributed by atoms with E-state index in [2.05, 4.69) is 18.3 Å². The third kappa shape index (κ3) is 1.78. The highest BCUT2D eigenvalue weighted by atomic mass is 16.3. The van der Waals surface area contributed by atoms with E-state index in [0.717, 1.165) is 18.2 Å². The van der Waals surface area contributed by atoms with Crippen molar-refractivity contribution in [2.75, 3.05) is 6.54 Å². The van der Waals surface area contributed by atoms with Crippen LogP contribution in [-0.2, 0) is 0 Å². The molecule has 1 aliphatic rings. The molecule has 1 heterocycles. The second-order valence-corrected chi connectivity index (χ2v) is 3.74. The molecule has 2 nitrogen and oxygen atoms in total. The van der Waals surface area contributed by atoms with Crippen LogP contribution in [0.1, 0.15) is 38.0 Å². The lowest BCUT2D eigenvalue weighted by Crippen LogP contribution is -2.31. The van der Waals surface area contributed by atoms with Crippen molar-refractivity contribution in [1.82, 2.24) is 5.32 Å². The number of hydrogen-bond acceptors (Lipinski definition) is 2. The van der Waals surface area contributed by atoms with E-state index in [0.29, 0.717) is 6.04 Å². The summed E-state index contributed by atoms with van der Waals surface area (Å²) in [7, 11) is 0. The Hall–Kier alpha value is -0.760. The molecule has 1 aromatic heterocycles. The zero-order valence-electron chi connectivity index (χ0n) is 8.12. The molecule has 0 aromatic carbocycles. The Balaban J connectivity index is 2.04. The molecule has 1 saturated carbocycles. The molecule has 2 heteroatoms. The molecule has 1 atom stereocenters. The van der Waals surface area contributed by atoms with Crippen molar-refractivity contribution in [2.45, 2.75) is 32.2 Å². The zero-order valence-corrected chi connectivity index (χ0v) is 8.12. The summed E-state index contributed by atoms with van der Waals surface area (Å²) in [5, 5.41) is 3.49. The third-order valence-electron chi connectivity index (χ3n) is 2.89. The average molecular weight is 179 g/mol. The summed E-state index contributed by atoms with van der Waals surface area (Å²) in [6.45, 7) is 3.16. The monoisotopic (exact) mass is 179 g/mol. The van der Waals surface area contributed by atoms with Crippen LogP contribution in [0.2, 0.25) is 0 Å². The summed E-state index contributed by atoms with van der Waals surface area (Å²) in [4.78, 5) is 0. The highest BCUT2D eigenvalue weighted by Gasteiger charge is 2.29. The van der Waals surface area contributed by atoms with E-state index >= 15 is 0 Å². The van der Waals surface area contributed by atoms with Gasteiger partial charge in [-0.05, 0) is 37.4 Å². The molecule has 0 spiro atoms. The molecular formula is C11H17NO. The predicted molar refractivity (Wildman–Crippen MR) is 52.5 cm³/mol. The minimum absolute atomic E-state index is 0.453. The first-order valence-electron chi connectivity index (χ1n) is 5.18. The first-order chi connectivity index (χ1) is 6.42. The van der Waals surface area contributed by atoms with Crippen LogP contribution in [-0.4, -0.2) is 6.54 Å². The smallest absolute Gasteiger partial charge is 0.120 e. The van der Waals surface area contributed by atoms with Gasteiger partial charge in [0.25, 0.3) is 0 Å². The van der Waals surface area contributed by atoms with Gasteiger partial charge in [-0.3, -0.25) is 0 Å². The van der Waals surface area contributed by atoms with Crippen molar-refractivity contribution >= 4 is 0 Å². The molecular weight excluding hydrogens is 162 g/mol. The van der Waals surface area contributed by atoms with Gasteiger partial charge in [0, 0.05) is 0 Å². The van der Waals surface area contributed by atoms with Crippen LogP contribution in [0.5, 0.6) is 0 Å². The van der Waals surface area contributed by atoms with Gasteiger partial charge in [-0.1, -0.05) is 13.3 Å². The van der Waals surface area contributed by atoms with Crippen LogP contribution in [0.3, 0.4) is 0 Å². The minimum Gasteiger partial charge on any atom is -0.468 e. The van der Waals surface area contributed by atoms with Gasteiger partial charge in [0.15, 0.2) is 0 Å².